The fraction of sp³-hybridized carbons (Fsp3) is 0.412. The monoisotopic (exact) mass is 298 g/mol. The molecule has 0 aliphatic carbocycles. The maximum atomic E-state index is 12.5. The summed E-state index contributed by atoms with van der Waals surface area (Å²) in [7, 11) is 0. The molecule has 1 atom stereocenters. The van der Waals surface area contributed by atoms with E-state index in [4.69, 9.17) is 4.42 Å². The summed E-state index contributed by atoms with van der Waals surface area (Å²) in [6.07, 6.45) is 3.02. The maximum absolute atomic E-state index is 12.5. The Morgan fingerprint density at radius 2 is 2.09 bits per heavy atom. The number of hydrogen-bond donors (Lipinski definition) is 1. The van der Waals surface area contributed by atoms with E-state index in [0.717, 1.165) is 25.0 Å². The van der Waals surface area contributed by atoms with E-state index in [1.165, 1.54) is 12.8 Å². The van der Waals surface area contributed by atoms with Crippen LogP contribution in [0.4, 0.5) is 0 Å². The van der Waals surface area contributed by atoms with Crippen molar-refractivity contribution in [1.82, 2.24) is 10.2 Å². The molecule has 0 radical (unpaired) electrons. The SMILES string of the molecule is O=Cc1cc2ccc(C(=O)NC3CN4CCC3CC4)cc2o1. The van der Waals surface area contributed by atoms with Gasteiger partial charge in [-0.15, -0.1) is 0 Å². The number of amides is 1. The van der Waals surface area contributed by atoms with Gasteiger partial charge in [0.2, 0.25) is 0 Å². The van der Waals surface area contributed by atoms with Gasteiger partial charge >= 0.3 is 0 Å². The molecule has 3 fully saturated rings. The first-order chi connectivity index (χ1) is 10.7. The lowest BCUT2D eigenvalue weighted by molar-refractivity contribution is 0.0620. The molecular formula is C17H18N2O3. The van der Waals surface area contributed by atoms with Gasteiger partial charge in [0.05, 0.1) is 0 Å². The molecule has 3 saturated heterocycles. The number of carbonyl (C=O) groups excluding carboxylic acids is 2. The van der Waals surface area contributed by atoms with Gasteiger partial charge in [0.25, 0.3) is 5.91 Å². The standard InChI is InChI=1S/C17H18N2O3/c20-10-14-7-12-1-2-13(8-16(12)22-14)17(21)18-15-9-19-5-3-11(15)4-6-19/h1-2,7-8,10-11,15H,3-6,9H2,(H,18,21). The quantitative estimate of drug-likeness (QED) is 0.881. The number of rotatable bonds is 3. The largest absolute Gasteiger partial charge is 0.453 e. The van der Waals surface area contributed by atoms with Gasteiger partial charge < -0.3 is 14.6 Å². The highest BCUT2D eigenvalue weighted by Gasteiger charge is 2.34. The van der Waals surface area contributed by atoms with Crippen molar-refractivity contribution >= 4 is 23.2 Å². The first-order valence-corrected chi connectivity index (χ1v) is 7.75. The average molecular weight is 298 g/mol. The Balaban J connectivity index is 1.53. The molecule has 1 aromatic carbocycles. The lowest BCUT2D eigenvalue weighted by atomic mass is 9.84. The number of piperidine rings is 3. The van der Waals surface area contributed by atoms with E-state index in [1.807, 2.05) is 6.07 Å². The molecule has 0 spiro atoms. The highest BCUT2D eigenvalue weighted by molar-refractivity contribution is 5.98. The highest BCUT2D eigenvalue weighted by atomic mass is 16.3. The van der Waals surface area contributed by atoms with E-state index in [2.05, 4.69) is 10.2 Å². The van der Waals surface area contributed by atoms with Crippen LogP contribution in [0, 0.1) is 5.92 Å². The molecule has 1 aromatic heterocycles. The number of nitrogens with zero attached hydrogens (tertiary/aromatic N) is 1. The van der Waals surface area contributed by atoms with Crippen LogP contribution in [-0.4, -0.2) is 42.8 Å². The van der Waals surface area contributed by atoms with Crippen molar-refractivity contribution in [3.8, 4) is 0 Å². The number of nitrogens with one attached hydrogen (secondary N) is 1. The van der Waals surface area contributed by atoms with Crippen molar-refractivity contribution in [3.05, 3.63) is 35.6 Å². The topological polar surface area (TPSA) is 62.6 Å². The third-order valence-corrected chi connectivity index (χ3v) is 4.89. The Morgan fingerprint density at radius 1 is 1.27 bits per heavy atom. The molecule has 22 heavy (non-hydrogen) atoms. The Kier molecular flexibility index (Phi) is 3.22. The van der Waals surface area contributed by atoms with Crippen LogP contribution in [0.3, 0.4) is 0 Å². The van der Waals surface area contributed by atoms with Crippen LogP contribution in [0.15, 0.2) is 28.7 Å². The highest BCUT2D eigenvalue weighted by Crippen LogP contribution is 2.28. The molecular weight excluding hydrogens is 280 g/mol. The second kappa shape index (κ2) is 5.25. The molecule has 3 aliphatic heterocycles. The minimum absolute atomic E-state index is 0.0651. The normalized spacial score (nSPS) is 27.0. The van der Waals surface area contributed by atoms with Gasteiger partial charge in [0.1, 0.15) is 5.58 Å². The van der Waals surface area contributed by atoms with Crippen LogP contribution in [0.1, 0.15) is 33.8 Å². The van der Waals surface area contributed by atoms with Crippen molar-refractivity contribution in [2.45, 2.75) is 18.9 Å². The Labute approximate surface area is 128 Å². The molecule has 5 rings (SSSR count). The number of carbonyl (C=O) groups is 2. The van der Waals surface area contributed by atoms with Crippen molar-refractivity contribution in [2.24, 2.45) is 5.92 Å². The second-order valence-electron chi connectivity index (χ2n) is 6.24. The van der Waals surface area contributed by atoms with Gasteiger partial charge in [-0.3, -0.25) is 9.59 Å². The zero-order valence-corrected chi connectivity index (χ0v) is 12.2. The van der Waals surface area contributed by atoms with Crippen LogP contribution in [0.5, 0.6) is 0 Å². The summed E-state index contributed by atoms with van der Waals surface area (Å²) < 4.78 is 5.39. The second-order valence-corrected chi connectivity index (χ2v) is 6.24. The van der Waals surface area contributed by atoms with Crippen LogP contribution in [0.2, 0.25) is 0 Å². The van der Waals surface area contributed by atoms with Gasteiger partial charge in [-0.2, -0.15) is 0 Å². The molecule has 114 valence electrons. The van der Waals surface area contributed by atoms with Crippen molar-refractivity contribution in [2.75, 3.05) is 19.6 Å². The molecule has 1 amide bonds. The number of aldehydes is 1. The van der Waals surface area contributed by atoms with E-state index in [1.54, 1.807) is 18.2 Å². The van der Waals surface area contributed by atoms with E-state index >= 15 is 0 Å². The van der Waals surface area contributed by atoms with Crippen LogP contribution < -0.4 is 5.32 Å². The zero-order chi connectivity index (χ0) is 15.1. The molecule has 5 heteroatoms. The molecule has 4 heterocycles. The third kappa shape index (κ3) is 2.31. The van der Waals surface area contributed by atoms with Crippen LogP contribution in [-0.2, 0) is 0 Å². The van der Waals surface area contributed by atoms with E-state index in [9.17, 15) is 9.59 Å². The number of fused-ring (bicyclic) bond motifs is 4. The number of hydrogen-bond acceptors (Lipinski definition) is 4. The summed E-state index contributed by atoms with van der Waals surface area (Å²) in [5.41, 5.74) is 1.15. The third-order valence-electron chi connectivity index (χ3n) is 4.89. The minimum Gasteiger partial charge on any atom is -0.453 e. The van der Waals surface area contributed by atoms with Gasteiger partial charge in [-0.25, -0.2) is 0 Å². The first-order valence-electron chi connectivity index (χ1n) is 7.75. The molecule has 3 aliphatic rings. The molecule has 2 aromatic rings. The predicted octanol–water partition coefficient (Wildman–Crippen LogP) is 2.07. The summed E-state index contributed by atoms with van der Waals surface area (Å²) in [6.45, 7) is 3.27. The summed E-state index contributed by atoms with van der Waals surface area (Å²) in [5, 5.41) is 3.99. The lowest BCUT2D eigenvalue weighted by Gasteiger charge is -2.44. The molecule has 1 unspecified atom stereocenters. The van der Waals surface area contributed by atoms with Crippen LogP contribution in [0.25, 0.3) is 11.0 Å². The van der Waals surface area contributed by atoms with Gasteiger partial charge in [-0.1, -0.05) is 6.07 Å². The van der Waals surface area contributed by atoms with Crippen molar-refractivity contribution in [1.29, 1.82) is 0 Å². The van der Waals surface area contributed by atoms with Crippen molar-refractivity contribution in [3.63, 3.8) is 0 Å². The fourth-order valence-electron chi connectivity index (χ4n) is 3.63. The molecule has 2 bridgehead atoms. The predicted molar refractivity (Wildman–Crippen MR) is 82.0 cm³/mol. The molecule has 0 saturated carbocycles. The van der Waals surface area contributed by atoms with E-state index in [-0.39, 0.29) is 17.7 Å². The summed E-state index contributed by atoms with van der Waals surface area (Å²) in [5.74, 6) is 0.817. The van der Waals surface area contributed by atoms with Crippen molar-refractivity contribution < 1.29 is 14.0 Å². The Bertz CT molecular complexity index is 729. The summed E-state index contributed by atoms with van der Waals surface area (Å²) >= 11 is 0. The van der Waals surface area contributed by atoms with Crippen LogP contribution >= 0.6 is 0 Å². The number of furan rings is 1. The molecule has 1 N–H and O–H groups in total. The summed E-state index contributed by atoms with van der Waals surface area (Å²) in [4.78, 5) is 25.6. The fourth-order valence-corrected chi connectivity index (χ4v) is 3.63. The Hall–Kier alpha value is -2.14. The zero-order valence-electron chi connectivity index (χ0n) is 12.2. The van der Waals surface area contributed by atoms with Gasteiger partial charge in [0.15, 0.2) is 12.0 Å². The maximum Gasteiger partial charge on any atom is 0.251 e. The Morgan fingerprint density at radius 3 is 2.77 bits per heavy atom. The first kappa shape index (κ1) is 13.5. The smallest absolute Gasteiger partial charge is 0.251 e. The summed E-state index contributed by atoms with van der Waals surface area (Å²) in [6, 6.07) is 7.23. The average Bonchev–Trinajstić information content (AvgIpc) is 2.98. The lowest BCUT2D eigenvalue weighted by Crippen LogP contribution is -2.57. The van der Waals surface area contributed by atoms with E-state index < -0.39 is 0 Å². The number of benzene rings is 1. The minimum atomic E-state index is -0.0651. The van der Waals surface area contributed by atoms with E-state index in [0.29, 0.717) is 23.4 Å². The van der Waals surface area contributed by atoms with Gasteiger partial charge in [0, 0.05) is 23.5 Å². The molecule has 5 nitrogen and oxygen atoms in total. The van der Waals surface area contributed by atoms with Gasteiger partial charge in [-0.05, 0) is 50.0 Å².